The highest BCUT2D eigenvalue weighted by atomic mass is 16.5. The van der Waals surface area contributed by atoms with Crippen molar-refractivity contribution in [2.24, 2.45) is 0 Å². The minimum Gasteiger partial charge on any atom is -0.497 e. The van der Waals surface area contributed by atoms with E-state index in [0.29, 0.717) is 30.9 Å². The van der Waals surface area contributed by atoms with Crippen molar-refractivity contribution in [2.75, 3.05) is 27.4 Å². The van der Waals surface area contributed by atoms with Gasteiger partial charge in [-0.25, -0.2) is 4.68 Å². The molecule has 4 aromatic rings. The Morgan fingerprint density at radius 3 is 2.50 bits per heavy atom. The van der Waals surface area contributed by atoms with Gasteiger partial charge in [0.2, 0.25) is 0 Å². The normalized spacial score (nSPS) is 12.7. The number of aliphatic hydroxyl groups excluding tert-OH is 1. The summed E-state index contributed by atoms with van der Waals surface area (Å²) < 4.78 is 23.8. The summed E-state index contributed by atoms with van der Waals surface area (Å²) in [5.41, 5.74) is 6.28. The first kappa shape index (κ1) is 31.0. The second-order valence-corrected chi connectivity index (χ2v) is 10.3. The van der Waals surface area contributed by atoms with Crippen molar-refractivity contribution in [3.63, 3.8) is 0 Å². The van der Waals surface area contributed by atoms with E-state index in [0.717, 1.165) is 58.4 Å². The van der Waals surface area contributed by atoms with Crippen LogP contribution >= 0.6 is 0 Å². The number of hydrogen-bond donors (Lipinski definition) is 1. The van der Waals surface area contributed by atoms with Gasteiger partial charge >= 0.3 is 5.97 Å². The van der Waals surface area contributed by atoms with Gasteiger partial charge in [-0.05, 0) is 92.6 Å². The van der Waals surface area contributed by atoms with Gasteiger partial charge in [-0.15, -0.1) is 5.10 Å². The van der Waals surface area contributed by atoms with Crippen LogP contribution in [0, 0.1) is 6.92 Å². The van der Waals surface area contributed by atoms with Crippen molar-refractivity contribution in [3.8, 4) is 11.5 Å². The van der Waals surface area contributed by atoms with Gasteiger partial charge in [0.15, 0.2) is 0 Å². The standard InChI is InChI=1S/C33H41N3O6/c1-6-42-33(38)29(26-12-16-31(40-5)28(20-26)23(3)37)19-25-11-15-30-32(22(25)2)34-35-36(30)17-7-8-18-41-21-24-9-13-27(39-4)14-10-24/h9-16,20,23,29,37H,6-8,17-19,21H2,1-5H3/t23-,29?/m0/s1. The summed E-state index contributed by atoms with van der Waals surface area (Å²) in [5.74, 6) is 0.562. The van der Waals surface area contributed by atoms with Crippen molar-refractivity contribution in [1.29, 1.82) is 0 Å². The van der Waals surface area contributed by atoms with E-state index in [-0.39, 0.29) is 12.6 Å². The van der Waals surface area contributed by atoms with Gasteiger partial charge in [-0.2, -0.15) is 0 Å². The molecule has 224 valence electrons. The number of benzene rings is 3. The molecule has 9 heteroatoms. The van der Waals surface area contributed by atoms with E-state index in [1.54, 1.807) is 34.1 Å². The number of carbonyl (C=O) groups is 1. The fraction of sp³-hybridized carbons (Fsp3) is 0.424. The molecular formula is C33H41N3O6. The molecule has 0 saturated heterocycles. The molecule has 0 aliphatic heterocycles. The highest BCUT2D eigenvalue weighted by molar-refractivity contribution is 5.81. The first-order valence-corrected chi connectivity index (χ1v) is 14.4. The maximum absolute atomic E-state index is 13.1. The zero-order valence-corrected chi connectivity index (χ0v) is 25.1. The molecule has 2 atom stereocenters. The topological polar surface area (TPSA) is 105 Å². The van der Waals surface area contributed by atoms with Crippen molar-refractivity contribution in [3.05, 3.63) is 82.4 Å². The van der Waals surface area contributed by atoms with Crippen LogP contribution in [0.2, 0.25) is 0 Å². The van der Waals surface area contributed by atoms with Crippen LogP contribution in [0.3, 0.4) is 0 Å². The fourth-order valence-electron chi connectivity index (χ4n) is 5.07. The van der Waals surface area contributed by atoms with Crippen LogP contribution in [0.5, 0.6) is 11.5 Å². The van der Waals surface area contributed by atoms with Crippen LogP contribution in [0.15, 0.2) is 54.6 Å². The van der Waals surface area contributed by atoms with Crippen LogP contribution in [0.25, 0.3) is 11.0 Å². The van der Waals surface area contributed by atoms with Crippen molar-refractivity contribution in [2.45, 2.75) is 65.2 Å². The smallest absolute Gasteiger partial charge is 0.313 e. The second kappa shape index (κ2) is 14.8. The zero-order chi connectivity index (χ0) is 30.1. The minimum absolute atomic E-state index is 0.285. The lowest BCUT2D eigenvalue weighted by Crippen LogP contribution is -2.19. The molecule has 4 rings (SSSR count). The van der Waals surface area contributed by atoms with E-state index in [1.165, 1.54) is 0 Å². The molecule has 0 bridgehead atoms. The predicted molar refractivity (Wildman–Crippen MR) is 161 cm³/mol. The number of esters is 1. The molecule has 0 amide bonds. The Labute approximate surface area is 247 Å². The molecule has 0 aliphatic rings. The lowest BCUT2D eigenvalue weighted by atomic mass is 9.88. The van der Waals surface area contributed by atoms with E-state index < -0.39 is 12.0 Å². The number of fused-ring (bicyclic) bond motifs is 1. The largest absolute Gasteiger partial charge is 0.497 e. The van der Waals surface area contributed by atoms with E-state index in [4.69, 9.17) is 18.9 Å². The molecule has 1 aromatic heterocycles. The summed E-state index contributed by atoms with van der Waals surface area (Å²) in [4.78, 5) is 13.1. The Morgan fingerprint density at radius 2 is 1.81 bits per heavy atom. The van der Waals surface area contributed by atoms with Gasteiger partial charge in [0.25, 0.3) is 0 Å². The zero-order valence-electron chi connectivity index (χ0n) is 25.1. The Hall–Kier alpha value is -3.95. The van der Waals surface area contributed by atoms with Gasteiger partial charge < -0.3 is 24.1 Å². The third-order valence-corrected chi connectivity index (χ3v) is 7.49. The van der Waals surface area contributed by atoms with Crippen molar-refractivity contribution < 1.29 is 28.8 Å². The molecule has 0 saturated carbocycles. The van der Waals surface area contributed by atoms with E-state index in [9.17, 15) is 9.90 Å². The second-order valence-electron chi connectivity index (χ2n) is 10.3. The van der Waals surface area contributed by atoms with Gasteiger partial charge in [0.05, 0.1) is 45.0 Å². The van der Waals surface area contributed by atoms with E-state index in [1.807, 2.05) is 60.1 Å². The van der Waals surface area contributed by atoms with Gasteiger partial charge in [0, 0.05) is 18.7 Å². The Bertz CT molecular complexity index is 1460. The maximum atomic E-state index is 13.1. The molecule has 42 heavy (non-hydrogen) atoms. The first-order valence-electron chi connectivity index (χ1n) is 14.4. The van der Waals surface area contributed by atoms with E-state index in [2.05, 4.69) is 10.3 Å². The highest BCUT2D eigenvalue weighted by Crippen LogP contribution is 2.32. The number of carbonyl (C=O) groups excluding carboxylic acids is 1. The Kier molecular flexibility index (Phi) is 10.9. The van der Waals surface area contributed by atoms with Gasteiger partial charge in [-0.3, -0.25) is 4.79 Å². The quantitative estimate of drug-likeness (QED) is 0.142. The predicted octanol–water partition coefficient (Wildman–Crippen LogP) is 5.70. The number of nitrogens with zero attached hydrogens (tertiary/aromatic N) is 3. The third kappa shape index (κ3) is 7.46. The molecule has 1 heterocycles. The number of unbranched alkanes of at least 4 members (excludes halogenated alkanes) is 1. The molecule has 0 radical (unpaired) electrons. The Balaban J connectivity index is 1.41. The van der Waals surface area contributed by atoms with Crippen molar-refractivity contribution in [1.82, 2.24) is 15.0 Å². The van der Waals surface area contributed by atoms with Crippen LogP contribution in [-0.2, 0) is 33.8 Å². The number of rotatable bonds is 15. The van der Waals surface area contributed by atoms with Crippen LogP contribution in [0.4, 0.5) is 0 Å². The van der Waals surface area contributed by atoms with Crippen LogP contribution < -0.4 is 9.47 Å². The molecule has 1 unspecified atom stereocenters. The van der Waals surface area contributed by atoms with Crippen LogP contribution in [-0.4, -0.2) is 53.5 Å². The number of methoxy groups -OCH3 is 2. The maximum Gasteiger partial charge on any atom is 0.313 e. The molecule has 0 spiro atoms. The molecule has 3 aromatic carbocycles. The number of aromatic nitrogens is 3. The monoisotopic (exact) mass is 575 g/mol. The number of aliphatic hydroxyl groups is 1. The molecule has 9 nitrogen and oxygen atoms in total. The first-order chi connectivity index (χ1) is 20.4. The molecule has 0 fully saturated rings. The number of hydrogen-bond acceptors (Lipinski definition) is 8. The summed E-state index contributed by atoms with van der Waals surface area (Å²) in [6.45, 7) is 7.75. The summed E-state index contributed by atoms with van der Waals surface area (Å²) in [5, 5.41) is 19.2. The SMILES string of the molecule is CCOC(=O)C(Cc1ccc2c(nnn2CCCCOCc2ccc(OC)cc2)c1C)c1ccc(OC)c([C@H](C)O)c1. The summed E-state index contributed by atoms with van der Waals surface area (Å²) in [6.07, 6.45) is 1.52. The van der Waals surface area contributed by atoms with Crippen molar-refractivity contribution >= 4 is 17.0 Å². The fourth-order valence-corrected chi connectivity index (χ4v) is 5.07. The summed E-state index contributed by atoms with van der Waals surface area (Å²) >= 11 is 0. The average Bonchev–Trinajstić information content (AvgIpc) is 3.42. The molecular weight excluding hydrogens is 534 g/mol. The highest BCUT2D eigenvalue weighted by Gasteiger charge is 2.26. The van der Waals surface area contributed by atoms with Gasteiger partial charge in [0.1, 0.15) is 17.0 Å². The minimum atomic E-state index is -0.740. The molecule has 1 N–H and O–H groups in total. The van der Waals surface area contributed by atoms with E-state index >= 15 is 0 Å². The average molecular weight is 576 g/mol. The molecule has 0 aliphatic carbocycles. The summed E-state index contributed by atoms with van der Waals surface area (Å²) in [7, 11) is 3.22. The third-order valence-electron chi connectivity index (χ3n) is 7.49. The number of aryl methyl sites for hydroxylation is 2. The summed E-state index contributed by atoms with van der Waals surface area (Å²) in [6, 6.07) is 17.4. The number of ether oxygens (including phenoxy) is 4. The van der Waals surface area contributed by atoms with Gasteiger partial charge in [-0.1, -0.05) is 29.5 Å². The lowest BCUT2D eigenvalue weighted by Gasteiger charge is -2.20. The lowest BCUT2D eigenvalue weighted by molar-refractivity contribution is -0.144. The van der Waals surface area contributed by atoms with Crippen LogP contribution in [0.1, 0.15) is 66.5 Å². The Morgan fingerprint density at radius 1 is 1.02 bits per heavy atom.